The lowest BCUT2D eigenvalue weighted by Gasteiger charge is -2.41. The Balaban J connectivity index is 2.00. The third-order valence-corrected chi connectivity index (χ3v) is 4.11. The molecule has 146 valence electrons. The van der Waals surface area contributed by atoms with E-state index in [0.29, 0.717) is 0 Å². The first-order chi connectivity index (χ1) is 11.7. The monoisotopic (exact) mass is 370 g/mol. The summed E-state index contributed by atoms with van der Waals surface area (Å²) in [6, 6.07) is 0. The van der Waals surface area contributed by atoms with E-state index in [1.165, 1.54) is 0 Å². The van der Waals surface area contributed by atoms with Crippen molar-refractivity contribution in [3.05, 3.63) is 0 Å². The molecular formula is C13H22O12. The fraction of sp³-hybridized carbons (Fsp3) is 0.923. The van der Waals surface area contributed by atoms with Crippen LogP contribution < -0.4 is 0 Å². The Hall–Kier alpha value is -0.930. The SMILES string of the molecule is COC(=O)[C@H]1O[C@@H](OC[C@H]2O[C@H](O)[C@H](O)[C@@H](O)[C@@H]2O)[C@H](O)[C@@H](O)[C@@H]1O. The number of hydrogen-bond donors (Lipinski definition) is 7. The summed E-state index contributed by atoms with van der Waals surface area (Å²) < 4.78 is 19.5. The number of hydrogen-bond acceptors (Lipinski definition) is 12. The molecule has 2 aliphatic heterocycles. The number of carbonyl (C=O) groups excluding carboxylic acids is 1. The van der Waals surface area contributed by atoms with Crippen molar-refractivity contribution in [3.63, 3.8) is 0 Å². The quantitative estimate of drug-likeness (QED) is 0.233. The maximum absolute atomic E-state index is 11.5. The van der Waals surface area contributed by atoms with Gasteiger partial charge in [0.2, 0.25) is 0 Å². The molecule has 0 aromatic rings. The molecule has 0 amide bonds. The molecule has 0 saturated carbocycles. The average Bonchev–Trinajstić information content (AvgIpc) is 2.60. The fourth-order valence-electron chi connectivity index (χ4n) is 2.55. The van der Waals surface area contributed by atoms with Crippen molar-refractivity contribution in [3.8, 4) is 0 Å². The van der Waals surface area contributed by atoms with Crippen molar-refractivity contribution in [1.29, 1.82) is 0 Å². The number of aliphatic hydroxyl groups is 7. The standard InChI is InChI=1S/C13H22O12/c1-22-12(21)10-7(17)6(16)9(19)13(25-10)23-2-3-4(14)5(15)8(18)11(20)24-3/h3-11,13-20H,2H2,1H3/t3-,4-,5+,6+,7+,8-,9-,10+,11+,13-/m1/s1. The molecule has 2 saturated heterocycles. The predicted octanol–water partition coefficient (Wildman–Crippen LogP) is -5.22. The molecule has 10 atom stereocenters. The molecule has 0 unspecified atom stereocenters. The van der Waals surface area contributed by atoms with Gasteiger partial charge in [-0.15, -0.1) is 0 Å². The van der Waals surface area contributed by atoms with Crippen LogP contribution in [0.3, 0.4) is 0 Å². The summed E-state index contributed by atoms with van der Waals surface area (Å²) in [5, 5.41) is 67.6. The minimum Gasteiger partial charge on any atom is -0.467 e. The molecule has 2 fully saturated rings. The molecule has 0 spiro atoms. The highest BCUT2D eigenvalue weighted by Crippen LogP contribution is 2.25. The first-order valence-corrected chi connectivity index (χ1v) is 7.45. The smallest absolute Gasteiger partial charge is 0.337 e. The van der Waals surface area contributed by atoms with Crippen molar-refractivity contribution in [1.82, 2.24) is 0 Å². The van der Waals surface area contributed by atoms with E-state index in [4.69, 9.17) is 14.2 Å². The number of esters is 1. The van der Waals surface area contributed by atoms with E-state index < -0.39 is 74.0 Å². The van der Waals surface area contributed by atoms with Gasteiger partial charge in [0.25, 0.3) is 0 Å². The first kappa shape index (κ1) is 20.4. The predicted molar refractivity (Wildman–Crippen MR) is 73.5 cm³/mol. The van der Waals surface area contributed by atoms with Crippen LogP contribution in [0.4, 0.5) is 0 Å². The highest BCUT2D eigenvalue weighted by Gasteiger charge is 2.49. The Morgan fingerprint density at radius 1 is 0.840 bits per heavy atom. The van der Waals surface area contributed by atoms with Gasteiger partial charge in [0.15, 0.2) is 18.7 Å². The van der Waals surface area contributed by atoms with Crippen LogP contribution in [-0.2, 0) is 23.7 Å². The average molecular weight is 370 g/mol. The molecule has 0 bridgehead atoms. The highest BCUT2D eigenvalue weighted by molar-refractivity contribution is 5.75. The lowest BCUT2D eigenvalue weighted by molar-refractivity contribution is -0.321. The second kappa shape index (κ2) is 8.18. The van der Waals surface area contributed by atoms with Crippen LogP contribution in [0, 0.1) is 0 Å². The third-order valence-electron chi connectivity index (χ3n) is 4.11. The molecule has 0 aromatic carbocycles. The minimum absolute atomic E-state index is 0.541. The van der Waals surface area contributed by atoms with Crippen LogP contribution >= 0.6 is 0 Å². The molecule has 0 aromatic heterocycles. The fourth-order valence-corrected chi connectivity index (χ4v) is 2.55. The van der Waals surface area contributed by atoms with E-state index in [2.05, 4.69) is 4.74 Å². The van der Waals surface area contributed by atoms with Crippen molar-refractivity contribution in [2.75, 3.05) is 13.7 Å². The first-order valence-electron chi connectivity index (χ1n) is 7.45. The van der Waals surface area contributed by atoms with Gasteiger partial charge in [-0.2, -0.15) is 0 Å². The van der Waals surface area contributed by atoms with Crippen molar-refractivity contribution < 1.29 is 59.5 Å². The van der Waals surface area contributed by atoms with Crippen molar-refractivity contribution >= 4 is 5.97 Å². The third kappa shape index (κ3) is 4.09. The molecule has 0 aliphatic carbocycles. The maximum atomic E-state index is 11.5. The highest BCUT2D eigenvalue weighted by atomic mass is 16.7. The molecule has 12 heteroatoms. The van der Waals surface area contributed by atoms with Gasteiger partial charge in [-0.3, -0.25) is 0 Å². The molecule has 25 heavy (non-hydrogen) atoms. The topological polar surface area (TPSA) is 196 Å². The molecule has 12 nitrogen and oxygen atoms in total. The molecule has 2 rings (SSSR count). The van der Waals surface area contributed by atoms with E-state index in [1.54, 1.807) is 0 Å². The van der Waals surface area contributed by atoms with Gasteiger partial charge >= 0.3 is 5.97 Å². The van der Waals surface area contributed by atoms with Gasteiger partial charge in [-0.05, 0) is 0 Å². The van der Waals surface area contributed by atoms with Crippen molar-refractivity contribution in [2.45, 2.75) is 61.4 Å². The number of carbonyl (C=O) groups is 1. The minimum atomic E-state index is -1.78. The largest absolute Gasteiger partial charge is 0.467 e. The van der Waals surface area contributed by atoms with Gasteiger partial charge in [0.05, 0.1) is 13.7 Å². The summed E-state index contributed by atoms with van der Waals surface area (Å²) in [5.41, 5.74) is 0. The van der Waals surface area contributed by atoms with Crippen LogP contribution in [0.2, 0.25) is 0 Å². The zero-order valence-corrected chi connectivity index (χ0v) is 13.2. The van der Waals surface area contributed by atoms with Gasteiger partial charge in [0, 0.05) is 0 Å². The number of rotatable bonds is 4. The number of ether oxygens (including phenoxy) is 4. The summed E-state index contributed by atoms with van der Waals surface area (Å²) in [6.07, 6.45) is -16.6. The second-order valence-electron chi connectivity index (χ2n) is 5.79. The number of aliphatic hydroxyl groups excluding tert-OH is 7. The van der Waals surface area contributed by atoms with E-state index >= 15 is 0 Å². The Kier molecular flexibility index (Phi) is 6.67. The molecule has 2 heterocycles. The van der Waals surface area contributed by atoms with Crippen LogP contribution in [0.25, 0.3) is 0 Å². The van der Waals surface area contributed by atoms with E-state index in [1.807, 2.05) is 0 Å². The van der Waals surface area contributed by atoms with E-state index in [0.717, 1.165) is 7.11 Å². The zero-order valence-electron chi connectivity index (χ0n) is 13.2. The molecule has 7 N–H and O–H groups in total. The lowest BCUT2D eigenvalue weighted by atomic mass is 9.98. The summed E-state index contributed by atoms with van der Waals surface area (Å²) in [6.45, 7) is -0.541. The summed E-state index contributed by atoms with van der Waals surface area (Å²) in [7, 11) is 1.03. The van der Waals surface area contributed by atoms with Crippen LogP contribution in [0.5, 0.6) is 0 Å². The zero-order chi connectivity index (χ0) is 18.9. The molecular weight excluding hydrogens is 348 g/mol. The second-order valence-corrected chi connectivity index (χ2v) is 5.79. The summed E-state index contributed by atoms with van der Waals surface area (Å²) in [4.78, 5) is 11.5. The van der Waals surface area contributed by atoms with Crippen LogP contribution in [0.15, 0.2) is 0 Å². The molecule has 0 radical (unpaired) electrons. The normalized spacial score (nSPS) is 48.2. The van der Waals surface area contributed by atoms with Gasteiger partial charge in [-0.1, -0.05) is 0 Å². The summed E-state index contributed by atoms with van der Waals surface area (Å²) >= 11 is 0. The Labute approximate surface area is 141 Å². The Morgan fingerprint density at radius 3 is 2.04 bits per heavy atom. The number of methoxy groups -OCH3 is 1. The van der Waals surface area contributed by atoms with Gasteiger partial charge in [-0.25, -0.2) is 4.79 Å². The Bertz CT molecular complexity index is 460. The molecule has 2 aliphatic rings. The van der Waals surface area contributed by atoms with Crippen molar-refractivity contribution in [2.24, 2.45) is 0 Å². The van der Waals surface area contributed by atoms with Crippen LogP contribution in [0.1, 0.15) is 0 Å². The van der Waals surface area contributed by atoms with Gasteiger partial charge in [0.1, 0.15) is 42.7 Å². The van der Waals surface area contributed by atoms with E-state index in [-0.39, 0.29) is 0 Å². The van der Waals surface area contributed by atoms with Crippen LogP contribution in [-0.4, -0.2) is 117 Å². The Morgan fingerprint density at radius 2 is 1.44 bits per heavy atom. The lowest BCUT2D eigenvalue weighted by Crippen LogP contribution is -2.62. The van der Waals surface area contributed by atoms with Gasteiger partial charge < -0.3 is 54.7 Å². The van der Waals surface area contributed by atoms with E-state index in [9.17, 15) is 40.5 Å². The maximum Gasteiger partial charge on any atom is 0.337 e. The summed E-state index contributed by atoms with van der Waals surface area (Å²) in [5.74, 6) is -1.00.